The van der Waals surface area contributed by atoms with E-state index in [2.05, 4.69) is 20.7 Å². The lowest BCUT2D eigenvalue weighted by molar-refractivity contribution is -0.126. The smallest absolute Gasteiger partial charge is 0.244 e. The van der Waals surface area contributed by atoms with E-state index in [1.165, 1.54) is 20.3 Å². The molecule has 1 aliphatic rings. The van der Waals surface area contributed by atoms with Crippen molar-refractivity contribution in [2.75, 3.05) is 20.8 Å². The molecule has 0 aliphatic heterocycles. The van der Waals surface area contributed by atoms with Gasteiger partial charge in [-0.1, -0.05) is 11.6 Å². The van der Waals surface area contributed by atoms with Crippen LogP contribution < -0.4 is 9.46 Å². The third kappa shape index (κ3) is 4.00. The molecule has 9 heteroatoms. The van der Waals surface area contributed by atoms with Gasteiger partial charge >= 0.3 is 0 Å². The minimum atomic E-state index is -3.81. The molecule has 1 fully saturated rings. The summed E-state index contributed by atoms with van der Waals surface area (Å²) in [5.41, 5.74) is 0. The highest BCUT2D eigenvalue weighted by Gasteiger charge is 2.44. The topological polar surface area (TPSA) is 73.9 Å². The van der Waals surface area contributed by atoms with Crippen LogP contribution in [0.1, 0.15) is 13.3 Å². The third-order valence-electron chi connectivity index (χ3n) is 3.68. The minimum absolute atomic E-state index is 0.0194. The van der Waals surface area contributed by atoms with Crippen molar-refractivity contribution < 1.29 is 22.6 Å². The molecule has 0 radical (unpaired) electrons. The van der Waals surface area contributed by atoms with Crippen molar-refractivity contribution >= 4 is 37.6 Å². The number of hydrogen-bond acceptors (Lipinski definition) is 5. The van der Waals surface area contributed by atoms with Gasteiger partial charge in [0, 0.05) is 18.7 Å². The average Bonchev–Trinajstić information content (AvgIpc) is 2.45. The zero-order chi connectivity index (χ0) is 17.2. The predicted octanol–water partition coefficient (Wildman–Crippen LogP) is 2.58. The van der Waals surface area contributed by atoms with Gasteiger partial charge in [0.2, 0.25) is 10.0 Å². The van der Waals surface area contributed by atoms with E-state index < -0.39 is 10.0 Å². The molecule has 0 heterocycles. The highest BCUT2D eigenvalue weighted by molar-refractivity contribution is 9.10. The summed E-state index contributed by atoms with van der Waals surface area (Å²) in [6, 6.07) is 2.57. The van der Waals surface area contributed by atoms with Crippen LogP contribution in [-0.2, 0) is 19.5 Å². The Morgan fingerprint density at radius 2 is 2.09 bits per heavy atom. The largest absolute Gasteiger partial charge is 0.494 e. The van der Waals surface area contributed by atoms with E-state index in [0.29, 0.717) is 22.5 Å². The Bertz CT molecular complexity index is 669. The van der Waals surface area contributed by atoms with Crippen LogP contribution in [0, 0.1) is 0 Å². The Balaban J connectivity index is 2.24. The van der Waals surface area contributed by atoms with Crippen molar-refractivity contribution in [2.45, 2.75) is 36.5 Å². The fourth-order valence-corrected chi connectivity index (χ4v) is 5.23. The molecule has 0 saturated heterocycles. The van der Waals surface area contributed by atoms with Gasteiger partial charge in [0.15, 0.2) is 5.75 Å². The van der Waals surface area contributed by atoms with Crippen LogP contribution in [-0.4, -0.2) is 47.5 Å². The molecule has 0 unspecified atom stereocenters. The summed E-state index contributed by atoms with van der Waals surface area (Å²) >= 11 is 9.22. The van der Waals surface area contributed by atoms with Gasteiger partial charge in [-0.05, 0) is 41.4 Å². The highest BCUT2D eigenvalue weighted by atomic mass is 79.9. The van der Waals surface area contributed by atoms with E-state index >= 15 is 0 Å². The zero-order valence-corrected chi connectivity index (χ0v) is 16.2. The van der Waals surface area contributed by atoms with Crippen LogP contribution in [0.15, 0.2) is 21.5 Å². The lowest BCUT2D eigenvalue weighted by atomic mass is 9.86. The summed E-state index contributed by atoms with van der Waals surface area (Å²) in [5, 5.41) is 0.294. The fourth-order valence-electron chi connectivity index (χ4n) is 2.59. The second kappa shape index (κ2) is 7.67. The van der Waals surface area contributed by atoms with Crippen LogP contribution in [0.25, 0.3) is 0 Å². The molecule has 1 aromatic rings. The van der Waals surface area contributed by atoms with Crippen LogP contribution in [0.4, 0.5) is 0 Å². The van der Waals surface area contributed by atoms with Gasteiger partial charge in [-0.3, -0.25) is 0 Å². The van der Waals surface area contributed by atoms with E-state index in [-0.39, 0.29) is 28.9 Å². The Morgan fingerprint density at radius 1 is 1.39 bits per heavy atom. The first kappa shape index (κ1) is 19.0. The van der Waals surface area contributed by atoms with Crippen LogP contribution >= 0.6 is 27.5 Å². The first-order valence-electron chi connectivity index (χ1n) is 7.03. The Labute approximate surface area is 149 Å². The first-order chi connectivity index (χ1) is 10.8. The van der Waals surface area contributed by atoms with E-state index in [0.717, 1.165) is 0 Å². The van der Waals surface area contributed by atoms with Crippen LogP contribution in [0.3, 0.4) is 0 Å². The van der Waals surface area contributed by atoms with E-state index in [9.17, 15) is 8.42 Å². The molecule has 130 valence electrons. The monoisotopic (exact) mass is 427 g/mol. The van der Waals surface area contributed by atoms with Crippen molar-refractivity contribution in [3.05, 3.63) is 21.6 Å². The molecule has 6 nitrogen and oxygen atoms in total. The van der Waals surface area contributed by atoms with Crippen LogP contribution in [0.5, 0.6) is 5.75 Å². The zero-order valence-electron chi connectivity index (χ0n) is 13.0. The number of sulfonamides is 1. The number of benzene rings is 1. The van der Waals surface area contributed by atoms with E-state index in [1.807, 2.05) is 6.92 Å². The summed E-state index contributed by atoms with van der Waals surface area (Å²) in [5.74, 6) is 0.205. The summed E-state index contributed by atoms with van der Waals surface area (Å²) in [7, 11) is -0.877. The number of nitrogens with one attached hydrogen (secondary N) is 1. The molecule has 0 bridgehead atoms. The van der Waals surface area contributed by atoms with Gasteiger partial charge in [-0.25, -0.2) is 13.1 Å². The fraction of sp³-hybridized carbons (Fsp3) is 0.571. The molecule has 2 rings (SSSR count). The standard InChI is InChI=1S/C14H19BrClNO5S/c1-4-22-11-7-10(14(11)21-3)17-23(18,19)12-6-8(16)5-9(15)13(12)20-2/h5-6,10-11,14,17H,4,7H2,1-3H3/t10-,11+,14-/m0/s1. The lowest BCUT2D eigenvalue weighted by Crippen LogP contribution is -2.60. The van der Waals surface area contributed by atoms with Gasteiger partial charge in [0.1, 0.15) is 4.90 Å². The highest BCUT2D eigenvalue weighted by Crippen LogP contribution is 2.36. The molecule has 1 aromatic carbocycles. The average molecular weight is 429 g/mol. The number of halogens is 2. The minimum Gasteiger partial charge on any atom is -0.494 e. The van der Waals surface area contributed by atoms with Crippen molar-refractivity contribution in [1.29, 1.82) is 0 Å². The molecular formula is C14H19BrClNO5S. The van der Waals surface area contributed by atoms with Gasteiger partial charge in [-0.2, -0.15) is 0 Å². The first-order valence-corrected chi connectivity index (χ1v) is 9.69. The van der Waals surface area contributed by atoms with Crippen molar-refractivity contribution in [3.8, 4) is 5.75 Å². The number of methoxy groups -OCH3 is 2. The molecular weight excluding hydrogens is 410 g/mol. The summed E-state index contributed by atoms with van der Waals surface area (Å²) in [6.45, 7) is 2.44. The molecule has 0 aromatic heterocycles. The summed E-state index contributed by atoms with van der Waals surface area (Å²) < 4.78 is 44.5. The van der Waals surface area contributed by atoms with Gasteiger partial charge in [-0.15, -0.1) is 0 Å². The maximum absolute atomic E-state index is 12.7. The quantitative estimate of drug-likeness (QED) is 0.722. The summed E-state index contributed by atoms with van der Waals surface area (Å²) in [4.78, 5) is -0.0194. The molecule has 23 heavy (non-hydrogen) atoms. The van der Waals surface area contributed by atoms with Crippen molar-refractivity contribution in [1.82, 2.24) is 4.72 Å². The Kier molecular flexibility index (Phi) is 6.32. The normalized spacial score (nSPS) is 24.3. The number of hydrogen-bond donors (Lipinski definition) is 1. The van der Waals surface area contributed by atoms with Gasteiger partial charge in [0.05, 0.1) is 29.8 Å². The number of rotatable bonds is 7. The lowest BCUT2D eigenvalue weighted by Gasteiger charge is -2.43. The maximum atomic E-state index is 12.7. The summed E-state index contributed by atoms with van der Waals surface area (Å²) in [6.07, 6.45) is 0.124. The SMILES string of the molecule is CCO[C@@H]1C[C@H](NS(=O)(=O)c2cc(Cl)cc(Br)c2OC)[C@@H]1OC. The Hall–Kier alpha value is -0.380. The number of ether oxygens (including phenoxy) is 3. The predicted molar refractivity (Wildman–Crippen MR) is 90.6 cm³/mol. The van der Waals surface area contributed by atoms with Crippen molar-refractivity contribution in [2.24, 2.45) is 0 Å². The Morgan fingerprint density at radius 3 is 2.65 bits per heavy atom. The van der Waals surface area contributed by atoms with Gasteiger partial charge < -0.3 is 14.2 Å². The van der Waals surface area contributed by atoms with E-state index in [4.69, 9.17) is 25.8 Å². The van der Waals surface area contributed by atoms with E-state index in [1.54, 1.807) is 6.07 Å². The van der Waals surface area contributed by atoms with Crippen molar-refractivity contribution in [3.63, 3.8) is 0 Å². The molecule has 0 amide bonds. The molecule has 1 N–H and O–H groups in total. The molecule has 1 saturated carbocycles. The second-order valence-corrected chi connectivity index (χ2v) is 8.05. The van der Waals surface area contributed by atoms with Gasteiger partial charge in [0.25, 0.3) is 0 Å². The third-order valence-corrected chi connectivity index (χ3v) is 5.98. The molecule has 3 atom stereocenters. The molecule has 0 spiro atoms. The van der Waals surface area contributed by atoms with Crippen LogP contribution in [0.2, 0.25) is 5.02 Å². The maximum Gasteiger partial charge on any atom is 0.244 e. The molecule has 1 aliphatic carbocycles. The second-order valence-electron chi connectivity index (χ2n) is 5.08.